The van der Waals surface area contributed by atoms with Gasteiger partial charge in [0.25, 0.3) is 0 Å². The average molecular weight is 128 g/mol. The molecule has 0 aliphatic carbocycles. The highest BCUT2D eigenvalue weighted by Crippen LogP contribution is 2.03. The highest BCUT2D eigenvalue weighted by Gasteiger charge is 1.97. The molecule has 0 atom stereocenters. The Morgan fingerprint density at radius 2 is 2.44 bits per heavy atom. The lowest BCUT2D eigenvalue weighted by atomic mass is 11.1. The SMILES string of the molecule is Nc1nnc(NC=O)o1. The van der Waals surface area contributed by atoms with Gasteiger partial charge in [0.05, 0.1) is 0 Å². The van der Waals surface area contributed by atoms with Crippen molar-refractivity contribution in [3.8, 4) is 0 Å². The molecule has 1 aromatic heterocycles. The Balaban J connectivity index is 2.72. The second-order valence-corrected chi connectivity index (χ2v) is 1.21. The van der Waals surface area contributed by atoms with E-state index in [9.17, 15) is 4.79 Å². The van der Waals surface area contributed by atoms with Gasteiger partial charge in [0.1, 0.15) is 0 Å². The number of carbonyl (C=O) groups is 1. The zero-order valence-electron chi connectivity index (χ0n) is 4.37. The fraction of sp³-hybridized carbons (Fsp3) is 0. The quantitative estimate of drug-likeness (QED) is 0.509. The largest absolute Gasteiger partial charge is 0.389 e. The van der Waals surface area contributed by atoms with E-state index in [-0.39, 0.29) is 12.0 Å². The molecule has 9 heavy (non-hydrogen) atoms. The molecule has 0 saturated carbocycles. The highest BCUT2D eigenvalue weighted by molar-refractivity contribution is 5.65. The first-order valence-electron chi connectivity index (χ1n) is 2.12. The number of amides is 1. The van der Waals surface area contributed by atoms with Crippen LogP contribution in [0.1, 0.15) is 0 Å². The van der Waals surface area contributed by atoms with Crippen LogP contribution in [0.25, 0.3) is 0 Å². The van der Waals surface area contributed by atoms with E-state index >= 15 is 0 Å². The molecule has 1 heterocycles. The van der Waals surface area contributed by atoms with Gasteiger partial charge >= 0.3 is 12.0 Å². The summed E-state index contributed by atoms with van der Waals surface area (Å²) < 4.78 is 4.54. The lowest BCUT2D eigenvalue weighted by Crippen LogP contribution is -1.92. The Kier molecular flexibility index (Phi) is 1.31. The first-order valence-corrected chi connectivity index (χ1v) is 2.12. The fourth-order valence-corrected chi connectivity index (χ4v) is 0.343. The number of nitrogen functional groups attached to an aromatic ring is 1. The summed E-state index contributed by atoms with van der Waals surface area (Å²) in [6.07, 6.45) is 0.424. The van der Waals surface area contributed by atoms with Crippen LogP contribution in [0.2, 0.25) is 0 Å². The van der Waals surface area contributed by atoms with Crippen LogP contribution in [0.5, 0.6) is 0 Å². The Morgan fingerprint density at radius 1 is 1.67 bits per heavy atom. The van der Waals surface area contributed by atoms with Gasteiger partial charge in [-0.2, -0.15) is 0 Å². The van der Waals surface area contributed by atoms with Crippen LogP contribution in [0.3, 0.4) is 0 Å². The van der Waals surface area contributed by atoms with Crippen molar-refractivity contribution >= 4 is 18.4 Å². The van der Waals surface area contributed by atoms with Crippen LogP contribution in [-0.4, -0.2) is 16.6 Å². The number of nitrogens with two attached hydrogens (primary N) is 1. The van der Waals surface area contributed by atoms with Crippen molar-refractivity contribution in [2.75, 3.05) is 11.1 Å². The third-order valence-electron chi connectivity index (χ3n) is 0.623. The van der Waals surface area contributed by atoms with Crippen molar-refractivity contribution in [2.24, 2.45) is 0 Å². The average Bonchev–Trinajstić information content (AvgIpc) is 2.17. The third kappa shape index (κ3) is 1.15. The second kappa shape index (κ2) is 2.12. The van der Waals surface area contributed by atoms with E-state index in [4.69, 9.17) is 5.73 Å². The molecule has 3 N–H and O–H groups in total. The van der Waals surface area contributed by atoms with E-state index in [1.165, 1.54) is 0 Å². The predicted molar refractivity (Wildman–Crippen MR) is 28.4 cm³/mol. The lowest BCUT2D eigenvalue weighted by molar-refractivity contribution is -0.105. The highest BCUT2D eigenvalue weighted by atomic mass is 16.4. The second-order valence-electron chi connectivity index (χ2n) is 1.21. The number of carbonyl (C=O) groups excluding carboxylic acids is 1. The summed E-state index contributed by atoms with van der Waals surface area (Å²) in [6, 6.07) is -0.0677. The molecule has 0 aromatic carbocycles. The lowest BCUT2D eigenvalue weighted by Gasteiger charge is -1.81. The molecular weight excluding hydrogens is 124 g/mol. The molecular formula is C3H4N4O2. The summed E-state index contributed by atoms with van der Waals surface area (Å²) >= 11 is 0. The summed E-state index contributed by atoms with van der Waals surface area (Å²) in [7, 11) is 0. The van der Waals surface area contributed by atoms with E-state index < -0.39 is 0 Å². The maximum Gasteiger partial charge on any atom is 0.323 e. The topological polar surface area (TPSA) is 94.0 Å². The predicted octanol–water partition coefficient (Wildman–Crippen LogP) is -0.780. The number of nitrogens with one attached hydrogen (secondary N) is 1. The molecule has 0 saturated heterocycles. The number of nitrogens with zero attached hydrogens (tertiary/aromatic N) is 2. The number of aromatic nitrogens is 2. The molecule has 0 fully saturated rings. The van der Waals surface area contributed by atoms with E-state index in [0.717, 1.165) is 0 Å². The molecule has 6 nitrogen and oxygen atoms in total. The monoisotopic (exact) mass is 128 g/mol. The van der Waals surface area contributed by atoms with E-state index in [0.29, 0.717) is 6.41 Å². The normalized spacial score (nSPS) is 8.89. The standard InChI is InChI=1S/C3H4N4O2/c4-2-6-7-3(9-2)5-1-8/h1H,(H2,4,6)(H,5,7,8). The van der Waals surface area contributed by atoms with Crippen molar-refractivity contribution < 1.29 is 9.21 Å². The molecule has 0 radical (unpaired) electrons. The molecule has 0 aliphatic heterocycles. The maximum absolute atomic E-state index is 9.70. The van der Waals surface area contributed by atoms with Crippen LogP contribution in [0, 0.1) is 0 Å². The van der Waals surface area contributed by atoms with Crippen molar-refractivity contribution in [1.82, 2.24) is 10.2 Å². The minimum Gasteiger partial charge on any atom is -0.389 e. The van der Waals surface area contributed by atoms with Gasteiger partial charge in [-0.1, -0.05) is 10.2 Å². The molecule has 6 heteroatoms. The molecule has 0 unspecified atom stereocenters. The summed E-state index contributed by atoms with van der Waals surface area (Å²) in [5.41, 5.74) is 5.01. The van der Waals surface area contributed by atoms with Gasteiger partial charge in [0.2, 0.25) is 6.41 Å². The van der Waals surface area contributed by atoms with Gasteiger partial charge in [-0.3, -0.25) is 10.1 Å². The minimum absolute atomic E-state index is 0.00231. The van der Waals surface area contributed by atoms with Crippen LogP contribution >= 0.6 is 0 Å². The maximum atomic E-state index is 9.70. The molecule has 48 valence electrons. The minimum atomic E-state index is -0.0700. The Bertz CT molecular complexity index is 207. The Labute approximate surface area is 50.0 Å². The Morgan fingerprint density at radius 3 is 2.89 bits per heavy atom. The molecule has 1 rings (SSSR count). The molecule has 0 aliphatic rings. The van der Waals surface area contributed by atoms with E-state index in [2.05, 4.69) is 19.9 Å². The third-order valence-corrected chi connectivity index (χ3v) is 0.623. The zero-order valence-corrected chi connectivity index (χ0v) is 4.37. The van der Waals surface area contributed by atoms with Crippen molar-refractivity contribution in [2.45, 2.75) is 0 Å². The van der Waals surface area contributed by atoms with Gasteiger partial charge in [-0.25, -0.2) is 0 Å². The smallest absolute Gasteiger partial charge is 0.323 e. The van der Waals surface area contributed by atoms with E-state index in [1.807, 2.05) is 0 Å². The summed E-state index contributed by atoms with van der Waals surface area (Å²) in [5.74, 6) is 0. The molecule has 0 spiro atoms. The first-order chi connectivity index (χ1) is 4.33. The zero-order chi connectivity index (χ0) is 6.69. The summed E-state index contributed by atoms with van der Waals surface area (Å²) in [5, 5.41) is 8.72. The molecule has 1 amide bonds. The Hall–Kier alpha value is -1.59. The van der Waals surface area contributed by atoms with Crippen LogP contribution in [-0.2, 0) is 4.79 Å². The van der Waals surface area contributed by atoms with Crippen LogP contribution in [0.4, 0.5) is 12.0 Å². The van der Waals surface area contributed by atoms with Gasteiger partial charge in [-0.05, 0) is 0 Å². The van der Waals surface area contributed by atoms with Gasteiger partial charge in [-0.15, -0.1) is 0 Å². The van der Waals surface area contributed by atoms with Crippen molar-refractivity contribution in [1.29, 1.82) is 0 Å². The number of hydrogen-bond acceptors (Lipinski definition) is 5. The van der Waals surface area contributed by atoms with Crippen LogP contribution < -0.4 is 11.1 Å². The van der Waals surface area contributed by atoms with Gasteiger partial charge in [0, 0.05) is 0 Å². The van der Waals surface area contributed by atoms with Crippen molar-refractivity contribution in [3.05, 3.63) is 0 Å². The van der Waals surface area contributed by atoms with Gasteiger partial charge in [0.15, 0.2) is 0 Å². The summed E-state index contributed by atoms with van der Waals surface area (Å²) in [6.45, 7) is 0. The van der Waals surface area contributed by atoms with Crippen LogP contribution in [0.15, 0.2) is 4.42 Å². The summed E-state index contributed by atoms with van der Waals surface area (Å²) in [4.78, 5) is 9.70. The number of hydrogen-bond donors (Lipinski definition) is 2. The number of rotatable bonds is 2. The molecule has 0 bridgehead atoms. The molecule has 1 aromatic rings. The van der Waals surface area contributed by atoms with Crippen molar-refractivity contribution in [3.63, 3.8) is 0 Å². The first kappa shape index (κ1) is 5.54. The van der Waals surface area contributed by atoms with E-state index in [1.54, 1.807) is 0 Å². The van der Waals surface area contributed by atoms with Gasteiger partial charge < -0.3 is 10.2 Å². The number of anilines is 2. The fourth-order valence-electron chi connectivity index (χ4n) is 0.343.